The second kappa shape index (κ2) is 4.52. The molecule has 2 rings (SSSR count). The van der Waals surface area contributed by atoms with Gasteiger partial charge in [-0.1, -0.05) is 27.7 Å². The van der Waals surface area contributed by atoms with Crippen LogP contribution in [-0.2, 0) is 4.79 Å². The number of carbonyl (C=O) groups excluding carboxylic acids is 1. The third-order valence-electron chi connectivity index (χ3n) is 5.70. The van der Waals surface area contributed by atoms with Crippen LogP contribution in [0.3, 0.4) is 0 Å². The molecule has 2 aliphatic carbocycles. The van der Waals surface area contributed by atoms with Gasteiger partial charge in [-0.2, -0.15) is 0 Å². The summed E-state index contributed by atoms with van der Waals surface area (Å²) in [6.07, 6.45) is 4.68. The molecule has 2 fully saturated rings. The van der Waals surface area contributed by atoms with Gasteiger partial charge in [0.15, 0.2) is 0 Å². The second-order valence-corrected chi connectivity index (χ2v) is 7.20. The summed E-state index contributed by atoms with van der Waals surface area (Å²) in [7, 11) is 0. The first-order valence-electron chi connectivity index (χ1n) is 7.35. The minimum Gasteiger partial charge on any atom is -0.352 e. The Morgan fingerprint density at radius 1 is 1.44 bits per heavy atom. The van der Waals surface area contributed by atoms with Crippen LogP contribution in [-0.4, -0.2) is 18.5 Å². The van der Waals surface area contributed by atoms with Crippen LogP contribution in [0.5, 0.6) is 0 Å². The van der Waals surface area contributed by atoms with E-state index in [4.69, 9.17) is 5.73 Å². The molecular weight excluding hydrogens is 224 g/mol. The number of nitrogens with two attached hydrogens (primary N) is 1. The third-order valence-corrected chi connectivity index (χ3v) is 5.70. The van der Waals surface area contributed by atoms with Crippen LogP contribution in [0, 0.1) is 22.7 Å². The van der Waals surface area contributed by atoms with Gasteiger partial charge in [0.05, 0.1) is 0 Å². The molecule has 0 radical (unpaired) electrons. The van der Waals surface area contributed by atoms with Crippen molar-refractivity contribution in [2.24, 2.45) is 28.4 Å². The van der Waals surface area contributed by atoms with Gasteiger partial charge in [0, 0.05) is 18.5 Å². The molecule has 2 bridgehead atoms. The lowest BCUT2D eigenvalue weighted by Gasteiger charge is -2.43. The molecule has 2 aliphatic rings. The van der Waals surface area contributed by atoms with E-state index in [2.05, 4.69) is 26.1 Å². The molecule has 3 heteroatoms. The Bertz CT molecular complexity index is 331. The number of hydrogen-bond donors (Lipinski definition) is 2. The van der Waals surface area contributed by atoms with Crippen LogP contribution >= 0.6 is 0 Å². The van der Waals surface area contributed by atoms with Crippen LogP contribution in [0.1, 0.15) is 53.4 Å². The van der Waals surface area contributed by atoms with Crippen molar-refractivity contribution in [3.63, 3.8) is 0 Å². The lowest BCUT2D eigenvalue weighted by molar-refractivity contribution is -0.127. The molecule has 0 aromatic carbocycles. The van der Waals surface area contributed by atoms with Crippen molar-refractivity contribution >= 4 is 5.91 Å². The molecule has 2 saturated carbocycles. The van der Waals surface area contributed by atoms with Gasteiger partial charge in [0.1, 0.15) is 0 Å². The van der Waals surface area contributed by atoms with Gasteiger partial charge in [-0.15, -0.1) is 0 Å². The van der Waals surface area contributed by atoms with Gasteiger partial charge in [0.25, 0.3) is 0 Å². The third kappa shape index (κ3) is 1.97. The first kappa shape index (κ1) is 13.9. The monoisotopic (exact) mass is 252 g/mol. The smallest absolute Gasteiger partial charge is 0.224 e. The molecule has 0 aromatic heterocycles. The van der Waals surface area contributed by atoms with Crippen LogP contribution in [0.15, 0.2) is 0 Å². The fraction of sp³-hybridized carbons (Fsp3) is 0.933. The van der Waals surface area contributed by atoms with E-state index >= 15 is 0 Å². The van der Waals surface area contributed by atoms with Crippen LogP contribution in [0.2, 0.25) is 0 Å². The van der Waals surface area contributed by atoms with E-state index in [1.54, 1.807) is 0 Å². The molecule has 104 valence electrons. The van der Waals surface area contributed by atoms with E-state index in [0.29, 0.717) is 18.0 Å². The van der Waals surface area contributed by atoms with E-state index in [1.165, 1.54) is 19.3 Å². The zero-order valence-electron chi connectivity index (χ0n) is 12.3. The maximum Gasteiger partial charge on any atom is 0.224 e. The molecule has 18 heavy (non-hydrogen) atoms. The highest BCUT2D eigenvalue weighted by molar-refractivity contribution is 5.79. The van der Waals surface area contributed by atoms with Crippen molar-refractivity contribution in [2.75, 3.05) is 6.54 Å². The maximum atomic E-state index is 12.3. The molecule has 0 aromatic rings. The maximum absolute atomic E-state index is 12.3. The van der Waals surface area contributed by atoms with Crippen LogP contribution < -0.4 is 11.1 Å². The average molecular weight is 252 g/mol. The molecule has 3 nitrogen and oxygen atoms in total. The molecule has 4 unspecified atom stereocenters. The molecule has 0 spiro atoms. The van der Waals surface area contributed by atoms with E-state index in [9.17, 15) is 4.79 Å². The summed E-state index contributed by atoms with van der Waals surface area (Å²) in [5.41, 5.74) is 6.21. The summed E-state index contributed by atoms with van der Waals surface area (Å²) in [5, 5.41) is 3.32. The number of fused-ring (bicyclic) bond motifs is 2. The predicted molar refractivity (Wildman–Crippen MR) is 74.0 cm³/mol. The molecule has 0 saturated heterocycles. The number of carbonyl (C=O) groups is 1. The van der Waals surface area contributed by atoms with E-state index < -0.39 is 0 Å². The predicted octanol–water partition coefficient (Wildman–Crippen LogP) is 2.30. The van der Waals surface area contributed by atoms with Gasteiger partial charge in [-0.25, -0.2) is 0 Å². The molecule has 0 aliphatic heterocycles. The van der Waals surface area contributed by atoms with Crippen molar-refractivity contribution in [2.45, 2.75) is 59.4 Å². The normalized spacial score (nSPS) is 38.7. The minimum absolute atomic E-state index is 0.0245. The molecule has 1 amide bonds. The molecule has 4 atom stereocenters. The summed E-state index contributed by atoms with van der Waals surface area (Å²) in [5.74, 6) is 0.904. The van der Waals surface area contributed by atoms with E-state index in [-0.39, 0.29) is 17.2 Å². The van der Waals surface area contributed by atoms with Crippen molar-refractivity contribution in [3.05, 3.63) is 0 Å². The number of rotatable bonds is 4. The minimum atomic E-state index is -0.0245. The van der Waals surface area contributed by atoms with Crippen LogP contribution in [0.4, 0.5) is 0 Å². The standard InChI is InChI=1S/C15H28N2O/c1-5-10(9-16)12(18)17-13-14(2,3)11-6-7-15(13,4)8-11/h10-11,13H,5-9,16H2,1-4H3,(H,17,18). The number of nitrogens with one attached hydrogen (secondary N) is 1. The Balaban J connectivity index is 2.11. The number of hydrogen-bond acceptors (Lipinski definition) is 2. The first-order chi connectivity index (χ1) is 8.35. The average Bonchev–Trinajstić information content (AvgIpc) is 2.77. The lowest BCUT2D eigenvalue weighted by atomic mass is 9.68. The quantitative estimate of drug-likeness (QED) is 0.806. The summed E-state index contributed by atoms with van der Waals surface area (Å²) in [6.45, 7) is 9.46. The van der Waals surface area contributed by atoms with E-state index in [0.717, 1.165) is 12.3 Å². The Hall–Kier alpha value is -0.570. The van der Waals surface area contributed by atoms with Crippen molar-refractivity contribution in [1.29, 1.82) is 0 Å². The topological polar surface area (TPSA) is 55.1 Å². The van der Waals surface area contributed by atoms with Gasteiger partial charge in [0.2, 0.25) is 5.91 Å². The van der Waals surface area contributed by atoms with Gasteiger partial charge >= 0.3 is 0 Å². The summed E-state index contributed by atoms with van der Waals surface area (Å²) in [4.78, 5) is 12.3. The second-order valence-electron chi connectivity index (χ2n) is 7.20. The fourth-order valence-corrected chi connectivity index (χ4v) is 4.38. The van der Waals surface area contributed by atoms with Crippen molar-refractivity contribution < 1.29 is 4.79 Å². The summed E-state index contributed by atoms with van der Waals surface area (Å²) in [6, 6.07) is 0.317. The highest BCUT2D eigenvalue weighted by Gasteiger charge is 2.59. The summed E-state index contributed by atoms with van der Waals surface area (Å²) >= 11 is 0. The SMILES string of the molecule is CCC(CN)C(=O)NC1C2(C)CCC(C2)C1(C)C. The highest BCUT2D eigenvalue weighted by atomic mass is 16.2. The zero-order chi connectivity index (χ0) is 13.6. The van der Waals surface area contributed by atoms with Gasteiger partial charge in [-0.3, -0.25) is 4.79 Å². The lowest BCUT2D eigenvalue weighted by Crippen LogP contribution is -2.54. The Morgan fingerprint density at radius 2 is 2.11 bits per heavy atom. The Labute approximate surface area is 111 Å². The molecular formula is C15H28N2O. The highest BCUT2D eigenvalue weighted by Crippen LogP contribution is 2.62. The van der Waals surface area contributed by atoms with Crippen LogP contribution in [0.25, 0.3) is 0 Å². The summed E-state index contributed by atoms with van der Waals surface area (Å²) < 4.78 is 0. The Morgan fingerprint density at radius 3 is 2.56 bits per heavy atom. The first-order valence-corrected chi connectivity index (χ1v) is 7.35. The van der Waals surface area contributed by atoms with E-state index in [1.807, 2.05) is 6.92 Å². The fourth-order valence-electron chi connectivity index (χ4n) is 4.38. The Kier molecular flexibility index (Phi) is 3.48. The van der Waals surface area contributed by atoms with Gasteiger partial charge < -0.3 is 11.1 Å². The molecule has 3 N–H and O–H groups in total. The molecule has 0 heterocycles. The number of amides is 1. The zero-order valence-corrected chi connectivity index (χ0v) is 12.3. The van der Waals surface area contributed by atoms with Crippen molar-refractivity contribution in [1.82, 2.24) is 5.32 Å². The largest absolute Gasteiger partial charge is 0.352 e. The van der Waals surface area contributed by atoms with Gasteiger partial charge in [-0.05, 0) is 42.4 Å². The van der Waals surface area contributed by atoms with Crippen molar-refractivity contribution in [3.8, 4) is 0 Å².